The molecular formula is C18H18N2O5S. The Bertz CT molecular complexity index is 952. The van der Waals surface area contributed by atoms with E-state index < -0.39 is 21.7 Å². The lowest BCUT2D eigenvalue weighted by atomic mass is 10.1. The number of rotatable bonds is 6. The Morgan fingerprint density at radius 2 is 1.73 bits per heavy atom. The molecule has 7 nitrogen and oxygen atoms in total. The summed E-state index contributed by atoms with van der Waals surface area (Å²) in [5.41, 5.74) is 1.33. The highest BCUT2D eigenvalue weighted by molar-refractivity contribution is 7.89. The van der Waals surface area contributed by atoms with E-state index in [2.05, 4.69) is 0 Å². The Labute approximate surface area is 152 Å². The lowest BCUT2D eigenvalue weighted by Crippen LogP contribution is -2.31. The Kier molecular flexibility index (Phi) is 5.85. The first-order chi connectivity index (χ1) is 12.3. The number of methoxy groups -OCH3 is 2. The molecule has 26 heavy (non-hydrogen) atoms. The molecule has 2 aromatic rings. The summed E-state index contributed by atoms with van der Waals surface area (Å²) in [6.07, 6.45) is 0. The van der Waals surface area contributed by atoms with Crippen LogP contribution in [0.2, 0.25) is 0 Å². The average molecular weight is 374 g/mol. The van der Waals surface area contributed by atoms with Crippen LogP contribution in [0.25, 0.3) is 0 Å². The number of hydrogen-bond acceptors (Lipinski definition) is 6. The first-order valence-corrected chi connectivity index (χ1v) is 9.22. The molecule has 0 spiro atoms. The van der Waals surface area contributed by atoms with E-state index in [0.29, 0.717) is 22.6 Å². The van der Waals surface area contributed by atoms with Gasteiger partial charge < -0.3 is 9.47 Å². The van der Waals surface area contributed by atoms with E-state index in [9.17, 15) is 13.2 Å². The SMILES string of the molecule is COc1cc(C(=O)NS(=O)(=O)Cc2ccccc2C#N)cc(OC)c1C. The van der Waals surface area contributed by atoms with Crippen LogP contribution in [0.4, 0.5) is 0 Å². The van der Waals surface area contributed by atoms with Crippen LogP contribution in [0.15, 0.2) is 36.4 Å². The lowest BCUT2D eigenvalue weighted by molar-refractivity contribution is 0.0980. The molecule has 2 aromatic carbocycles. The van der Waals surface area contributed by atoms with Crippen LogP contribution < -0.4 is 14.2 Å². The van der Waals surface area contributed by atoms with Gasteiger partial charge in [-0.3, -0.25) is 4.79 Å². The molecule has 0 heterocycles. The maximum Gasteiger partial charge on any atom is 0.265 e. The molecule has 0 aliphatic rings. The summed E-state index contributed by atoms with van der Waals surface area (Å²) in [5.74, 6) is -0.484. The second kappa shape index (κ2) is 7.89. The zero-order chi connectivity index (χ0) is 19.3. The zero-order valence-electron chi connectivity index (χ0n) is 14.6. The third kappa shape index (κ3) is 4.32. The van der Waals surface area contributed by atoms with Gasteiger partial charge in [-0.2, -0.15) is 5.26 Å². The van der Waals surface area contributed by atoms with E-state index in [1.165, 1.54) is 38.5 Å². The molecule has 0 saturated carbocycles. The molecule has 0 fully saturated rings. The summed E-state index contributed by atoms with van der Waals surface area (Å²) < 4.78 is 37.0. The summed E-state index contributed by atoms with van der Waals surface area (Å²) in [7, 11) is -1.11. The number of nitrogens with one attached hydrogen (secondary N) is 1. The van der Waals surface area contributed by atoms with Gasteiger partial charge in [0.1, 0.15) is 11.5 Å². The summed E-state index contributed by atoms with van der Waals surface area (Å²) in [5, 5.41) is 9.06. The fraction of sp³-hybridized carbons (Fsp3) is 0.222. The second-order valence-electron chi connectivity index (χ2n) is 5.46. The fourth-order valence-corrected chi connectivity index (χ4v) is 3.55. The largest absolute Gasteiger partial charge is 0.496 e. The van der Waals surface area contributed by atoms with Gasteiger partial charge in [0.15, 0.2) is 0 Å². The molecule has 1 N–H and O–H groups in total. The normalized spacial score (nSPS) is 10.7. The van der Waals surface area contributed by atoms with Gasteiger partial charge in [-0.05, 0) is 30.7 Å². The summed E-state index contributed by atoms with van der Waals surface area (Å²) in [6.45, 7) is 1.76. The first kappa shape index (κ1) is 19.3. The highest BCUT2D eigenvalue weighted by atomic mass is 32.2. The van der Waals surface area contributed by atoms with Gasteiger partial charge in [0.25, 0.3) is 5.91 Å². The molecule has 0 saturated heterocycles. The molecule has 0 unspecified atom stereocenters. The van der Waals surface area contributed by atoms with Crippen LogP contribution in [-0.4, -0.2) is 28.5 Å². The van der Waals surface area contributed by atoms with Gasteiger partial charge in [-0.1, -0.05) is 18.2 Å². The molecule has 2 rings (SSSR count). The number of amides is 1. The van der Waals surface area contributed by atoms with Gasteiger partial charge in [0, 0.05) is 11.1 Å². The average Bonchev–Trinajstić information content (AvgIpc) is 2.61. The number of nitrogens with zero attached hydrogens (tertiary/aromatic N) is 1. The molecule has 0 atom stereocenters. The van der Waals surface area contributed by atoms with Gasteiger partial charge in [0.05, 0.1) is 31.6 Å². The molecular weight excluding hydrogens is 356 g/mol. The van der Waals surface area contributed by atoms with Crippen molar-refractivity contribution in [2.45, 2.75) is 12.7 Å². The van der Waals surface area contributed by atoms with E-state index in [-0.39, 0.29) is 11.1 Å². The highest BCUT2D eigenvalue weighted by Gasteiger charge is 2.20. The Hall–Kier alpha value is -3.05. The number of sulfonamides is 1. The fourth-order valence-electron chi connectivity index (χ4n) is 2.41. The van der Waals surface area contributed by atoms with Crippen LogP contribution in [0.5, 0.6) is 11.5 Å². The molecule has 0 aliphatic carbocycles. The van der Waals surface area contributed by atoms with E-state index >= 15 is 0 Å². The maximum atomic E-state index is 12.4. The maximum absolute atomic E-state index is 12.4. The molecule has 136 valence electrons. The second-order valence-corrected chi connectivity index (χ2v) is 7.19. The van der Waals surface area contributed by atoms with Crippen LogP contribution >= 0.6 is 0 Å². The number of hydrogen-bond donors (Lipinski definition) is 1. The van der Waals surface area contributed by atoms with Crippen molar-refractivity contribution in [1.29, 1.82) is 5.26 Å². The third-order valence-corrected chi connectivity index (χ3v) is 4.93. The van der Waals surface area contributed by atoms with Crippen molar-refractivity contribution in [2.75, 3.05) is 14.2 Å². The molecule has 1 amide bonds. The Balaban J connectivity index is 2.27. The van der Waals surface area contributed by atoms with Gasteiger partial charge in [0.2, 0.25) is 10.0 Å². The summed E-state index contributed by atoms with van der Waals surface area (Å²) in [4.78, 5) is 12.4. The van der Waals surface area contributed by atoms with Crippen molar-refractivity contribution >= 4 is 15.9 Å². The number of ether oxygens (including phenoxy) is 2. The monoisotopic (exact) mass is 374 g/mol. The topological polar surface area (TPSA) is 105 Å². The first-order valence-electron chi connectivity index (χ1n) is 7.56. The van der Waals surface area contributed by atoms with Gasteiger partial charge >= 0.3 is 0 Å². The smallest absolute Gasteiger partial charge is 0.265 e. The Morgan fingerprint density at radius 3 is 2.27 bits per heavy atom. The van der Waals surface area contributed by atoms with E-state index in [1.54, 1.807) is 19.1 Å². The quantitative estimate of drug-likeness (QED) is 0.830. The minimum atomic E-state index is -4.00. The number of carbonyl (C=O) groups is 1. The van der Waals surface area contributed by atoms with Crippen molar-refractivity contribution < 1.29 is 22.7 Å². The minimum absolute atomic E-state index is 0.0847. The summed E-state index contributed by atoms with van der Waals surface area (Å²) >= 11 is 0. The van der Waals surface area contributed by atoms with Crippen molar-refractivity contribution in [3.05, 3.63) is 58.7 Å². The number of nitriles is 1. The standard InChI is InChI=1S/C18H18N2O5S/c1-12-16(24-2)8-15(9-17(12)25-3)18(21)20-26(22,23)11-14-7-5-4-6-13(14)10-19/h4-9H,11H2,1-3H3,(H,20,21). The highest BCUT2D eigenvalue weighted by Crippen LogP contribution is 2.29. The van der Waals surface area contributed by atoms with Crippen LogP contribution in [0.3, 0.4) is 0 Å². The zero-order valence-corrected chi connectivity index (χ0v) is 15.4. The van der Waals surface area contributed by atoms with Gasteiger partial charge in [-0.25, -0.2) is 13.1 Å². The predicted octanol–water partition coefficient (Wildman–Crippen LogP) is 2.14. The van der Waals surface area contributed by atoms with E-state index in [1.807, 2.05) is 10.8 Å². The Morgan fingerprint density at radius 1 is 1.15 bits per heavy atom. The van der Waals surface area contributed by atoms with Crippen molar-refractivity contribution in [3.63, 3.8) is 0 Å². The molecule has 8 heteroatoms. The number of carbonyl (C=O) groups excluding carboxylic acids is 1. The number of benzene rings is 2. The molecule has 0 aliphatic heterocycles. The van der Waals surface area contributed by atoms with Gasteiger partial charge in [-0.15, -0.1) is 0 Å². The van der Waals surface area contributed by atoms with Crippen molar-refractivity contribution in [2.24, 2.45) is 0 Å². The summed E-state index contributed by atoms with van der Waals surface area (Å²) in [6, 6.07) is 11.1. The minimum Gasteiger partial charge on any atom is -0.496 e. The van der Waals surface area contributed by atoms with E-state index in [4.69, 9.17) is 14.7 Å². The van der Waals surface area contributed by atoms with Crippen molar-refractivity contribution in [3.8, 4) is 17.6 Å². The van der Waals surface area contributed by atoms with Crippen LogP contribution in [-0.2, 0) is 15.8 Å². The molecule has 0 aromatic heterocycles. The van der Waals surface area contributed by atoms with Crippen molar-refractivity contribution in [1.82, 2.24) is 4.72 Å². The van der Waals surface area contributed by atoms with Crippen LogP contribution in [0.1, 0.15) is 27.0 Å². The lowest BCUT2D eigenvalue weighted by Gasteiger charge is -2.13. The molecule has 0 radical (unpaired) electrons. The predicted molar refractivity (Wildman–Crippen MR) is 95.5 cm³/mol. The van der Waals surface area contributed by atoms with E-state index in [0.717, 1.165) is 0 Å². The van der Waals surface area contributed by atoms with Crippen LogP contribution in [0, 0.1) is 18.3 Å². The third-order valence-electron chi connectivity index (χ3n) is 3.75. The molecule has 0 bridgehead atoms.